The maximum absolute atomic E-state index is 11.9. The predicted molar refractivity (Wildman–Crippen MR) is 106 cm³/mol. The van der Waals surface area contributed by atoms with Crippen LogP contribution in [0.2, 0.25) is 0 Å². The minimum atomic E-state index is -0.0650. The highest BCUT2D eigenvalue weighted by atomic mass is 16.5. The van der Waals surface area contributed by atoms with Gasteiger partial charge in [-0.2, -0.15) is 0 Å². The highest BCUT2D eigenvalue weighted by Gasteiger charge is 2.26. The van der Waals surface area contributed by atoms with Crippen LogP contribution in [-0.4, -0.2) is 60.1 Å². The van der Waals surface area contributed by atoms with E-state index >= 15 is 0 Å². The Kier molecular flexibility index (Phi) is 4.39. The summed E-state index contributed by atoms with van der Waals surface area (Å²) in [5.74, 6) is 1.73. The number of rotatable bonds is 3. The van der Waals surface area contributed by atoms with E-state index in [1.54, 1.807) is 6.20 Å². The molecule has 0 saturated carbocycles. The average Bonchev–Trinajstić information content (AvgIpc) is 3.21. The summed E-state index contributed by atoms with van der Waals surface area (Å²) in [6.07, 6.45) is 3.46. The van der Waals surface area contributed by atoms with Gasteiger partial charge in [-0.25, -0.2) is 9.97 Å². The van der Waals surface area contributed by atoms with E-state index in [0.717, 1.165) is 63.0 Å². The zero-order valence-electron chi connectivity index (χ0n) is 16.1. The van der Waals surface area contributed by atoms with Gasteiger partial charge in [0.1, 0.15) is 5.75 Å². The summed E-state index contributed by atoms with van der Waals surface area (Å²) >= 11 is 0. The number of fused-ring (bicyclic) bond motifs is 2. The van der Waals surface area contributed by atoms with Crippen molar-refractivity contribution in [3.05, 3.63) is 46.8 Å². The molecule has 0 bridgehead atoms. The molecule has 0 aliphatic carbocycles. The average molecular weight is 379 g/mol. The molecule has 4 heterocycles. The highest BCUT2D eigenvalue weighted by molar-refractivity contribution is 5.96. The molecule has 5 rings (SSSR count). The van der Waals surface area contributed by atoms with Gasteiger partial charge in [0.05, 0.1) is 17.9 Å². The van der Waals surface area contributed by atoms with Crippen molar-refractivity contribution in [2.24, 2.45) is 0 Å². The Morgan fingerprint density at radius 2 is 2.04 bits per heavy atom. The lowest BCUT2D eigenvalue weighted by atomic mass is 10.0. The van der Waals surface area contributed by atoms with Crippen molar-refractivity contribution in [1.82, 2.24) is 20.2 Å². The highest BCUT2D eigenvalue weighted by Crippen LogP contribution is 2.31. The molecule has 0 radical (unpaired) electrons. The van der Waals surface area contributed by atoms with E-state index < -0.39 is 0 Å². The van der Waals surface area contributed by atoms with E-state index in [1.807, 2.05) is 0 Å². The molecule has 3 aliphatic rings. The predicted octanol–water partition coefficient (Wildman–Crippen LogP) is 1.58. The van der Waals surface area contributed by atoms with Gasteiger partial charge in [-0.3, -0.25) is 9.69 Å². The summed E-state index contributed by atoms with van der Waals surface area (Å²) < 4.78 is 5.73. The van der Waals surface area contributed by atoms with Gasteiger partial charge in [0, 0.05) is 57.8 Å². The minimum Gasteiger partial charge on any atom is -0.493 e. The first-order valence-corrected chi connectivity index (χ1v) is 10.1. The van der Waals surface area contributed by atoms with Crippen LogP contribution in [0.3, 0.4) is 0 Å². The molecule has 7 nitrogen and oxygen atoms in total. The molecule has 1 aromatic heterocycles. The number of anilines is 1. The van der Waals surface area contributed by atoms with Crippen molar-refractivity contribution in [3.63, 3.8) is 0 Å². The lowest BCUT2D eigenvalue weighted by molar-refractivity contribution is 0.0944. The Balaban J connectivity index is 1.26. The Morgan fingerprint density at radius 1 is 1.18 bits per heavy atom. The van der Waals surface area contributed by atoms with Crippen molar-refractivity contribution in [2.45, 2.75) is 25.8 Å². The quantitative estimate of drug-likeness (QED) is 0.873. The molecule has 146 valence electrons. The molecule has 1 amide bonds. The fourth-order valence-electron chi connectivity index (χ4n) is 4.29. The standard InChI is InChI=1S/C21H25N5O2/c1-14(16-3-2-15-5-11-28-19(15)12-16)25-7-9-26(10-8-25)21-23-13-17-18(24-21)4-6-22-20(17)27/h2-3,12-14H,4-11H2,1H3,(H,22,27)/t14-/m0/s1. The van der Waals surface area contributed by atoms with Crippen LogP contribution < -0.4 is 15.0 Å². The van der Waals surface area contributed by atoms with Crippen LogP contribution in [0.1, 0.15) is 40.1 Å². The van der Waals surface area contributed by atoms with Crippen LogP contribution in [0.5, 0.6) is 5.75 Å². The number of aromatic nitrogens is 2. The molecule has 0 spiro atoms. The number of benzene rings is 1. The van der Waals surface area contributed by atoms with Crippen LogP contribution in [0.4, 0.5) is 5.95 Å². The van der Waals surface area contributed by atoms with Gasteiger partial charge in [-0.05, 0) is 24.1 Å². The SMILES string of the molecule is C[C@@H](c1ccc2c(c1)OCC2)N1CCN(c2ncc3c(n2)CCNC3=O)CC1. The van der Waals surface area contributed by atoms with Gasteiger partial charge in [0.25, 0.3) is 5.91 Å². The number of carbonyl (C=O) groups is 1. The smallest absolute Gasteiger partial charge is 0.254 e. The summed E-state index contributed by atoms with van der Waals surface area (Å²) in [6, 6.07) is 7.01. The van der Waals surface area contributed by atoms with Crippen molar-refractivity contribution in [2.75, 3.05) is 44.2 Å². The first-order chi connectivity index (χ1) is 13.7. The summed E-state index contributed by atoms with van der Waals surface area (Å²) in [7, 11) is 0. The van der Waals surface area contributed by atoms with E-state index in [0.29, 0.717) is 18.2 Å². The molecule has 1 aromatic carbocycles. The second-order valence-corrected chi connectivity index (χ2v) is 7.70. The lowest BCUT2D eigenvalue weighted by Crippen LogP contribution is -2.48. The normalized spacial score (nSPS) is 20.2. The summed E-state index contributed by atoms with van der Waals surface area (Å²) in [5, 5.41) is 2.84. The third-order valence-corrected chi connectivity index (χ3v) is 6.09. The zero-order chi connectivity index (χ0) is 19.1. The van der Waals surface area contributed by atoms with Gasteiger partial charge in [-0.15, -0.1) is 0 Å². The van der Waals surface area contributed by atoms with E-state index in [2.05, 4.69) is 50.2 Å². The molecule has 1 atom stereocenters. The number of ether oxygens (including phenoxy) is 1. The van der Waals surface area contributed by atoms with Crippen LogP contribution in [-0.2, 0) is 12.8 Å². The van der Waals surface area contributed by atoms with Crippen molar-refractivity contribution in [1.29, 1.82) is 0 Å². The maximum Gasteiger partial charge on any atom is 0.254 e. The second kappa shape index (κ2) is 7.05. The van der Waals surface area contributed by atoms with Crippen molar-refractivity contribution < 1.29 is 9.53 Å². The minimum absolute atomic E-state index is 0.0650. The molecule has 3 aliphatic heterocycles. The Morgan fingerprint density at radius 3 is 2.89 bits per heavy atom. The molecule has 1 fully saturated rings. The number of piperazine rings is 1. The lowest BCUT2D eigenvalue weighted by Gasteiger charge is -2.38. The van der Waals surface area contributed by atoms with Crippen molar-refractivity contribution >= 4 is 11.9 Å². The van der Waals surface area contributed by atoms with Gasteiger partial charge in [-0.1, -0.05) is 12.1 Å². The molecular weight excluding hydrogens is 354 g/mol. The fraction of sp³-hybridized carbons (Fsp3) is 0.476. The molecule has 28 heavy (non-hydrogen) atoms. The van der Waals surface area contributed by atoms with Crippen molar-refractivity contribution in [3.8, 4) is 5.75 Å². The van der Waals surface area contributed by atoms with E-state index in [9.17, 15) is 4.79 Å². The van der Waals surface area contributed by atoms with Crippen LogP contribution in [0, 0.1) is 0 Å². The largest absolute Gasteiger partial charge is 0.493 e. The molecule has 1 N–H and O–H groups in total. The van der Waals surface area contributed by atoms with Gasteiger partial charge >= 0.3 is 0 Å². The summed E-state index contributed by atoms with van der Waals surface area (Å²) in [4.78, 5) is 25.7. The van der Waals surface area contributed by atoms with Gasteiger partial charge < -0.3 is 15.0 Å². The third-order valence-electron chi connectivity index (χ3n) is 6.09. The van der Waals surface area contributed by atoms with Crippen LogP contribution in [0.15, 0.2) is 24.4 Å². The Bertz CT molecular complexity index is 908. The maximum atomic E-state index is 11.9. The topological polar surface area (TPSA) is 70.6 Å². The number of nitrogens with zero attached hydrogens (tertiary/aromatic N) is 4. The zero-order valence-corrected chi connectivity index (χ0v) is 16.1. The number of hydrogen-bond donors (Lipinski definition) is 1. The second-order valence-electron chi connectivity index (χ2n) is 7.70. The van der Waals surface area contributed by atoms with E-state index in [-0.39, 0.29) is 5.91 Å². The third kappa shape index (κ3) is 3.09. The molecule has 2 aromatic rings. The number of amides is 1. The van der Waals surface area contributed by atoms with Crippen LogP contribution in [0.25, 0.3) is 0 Å². The van der Waals surface area contributed by atoms with Gasteiger partial charge in [0.2, 0.25) is 5.95 Å². The molecule has 0 unspecified atom stereocenters. The number of carbonyl (C=O) groups excluding carboxylic acids is 1. The molecule has 1 saturated heterocycles. The Labute approximate surface area is 164 Å². The number of hydrogen-bond acceptors (Lipinski definition) is 6. The molecule has 7 heteroatoms. The van der Waals surface area contributed by atoms with E-state index in [4.69, 9.17) is 4.74 Å². The van der Waals surface area contributed by atoms with Gasteiger partial charge in [0.15, 0.2) is 0 Å². The first-order valence-electron chi connectivity index (χ1n) is 10.1. The monoisotopic (exact) mass is 379 g/mol. The first kappa shape index (κ1) is 17.4. The summed E-state index contributed by atoms with van der Waals surface area (Å²) in [6.45, 7) is 7.40. The number of nitrogens with one attached hydrogen (secondary N) is 1. The fourth-order valence-corrected chi connectivity index (χ4v) is 4.29. The van der Waals surface area contributed by atoms with Crippen LogP contribution >= 0.6 is 0 Å². The summed E-state index contributed by atoms with van der Waals surface area (Å²) in [5.41, 5.74) is 4.10. The van der Waals surface area contributed by atoms with E-state index in [1.165, 1.54) is 11.1 Å². The molecular formula is C21H25N5O2. The Hall–Kier alpha value is -2.67.